The van der Waals surface area contributed by atoms with Gasteiger partial charge in [0.2, 0.25) is 5.88 Å². The van der Waals surface area contributed by atoms with Gasteiger partial charge < -0.3 is 10.5 Å². The molecule has 0 aromatic heterocycles. The van der Waals surface area contributed by atoms with Crippen LogP contribution in [0.4, 0.5) is 5.69 Å². The number of nitrogens with two attached hydrogens (primary N) is 1. The highest BCUT2D eigenvalue weighted by atomic mass is 35.5. The Morgan fingerprint density at radius 3 is 2.59 bits per heavy atom. The van der Waals surface area contributed by atoms with Crippen LogP contribution in [-0.4, -0.2) is 4.92 Å². The Morgan fingerprint density at radius 2 is 1.89 bits per heavy atom. The summed E-state index contributed by atoms with van der Waals surface area (Å²) in [6, 6.07) is 17.4. The van der Waals surface area contributed by atoms with Crippen molar-refractivity contribution in [2.24, 2.45) is 5.73 Å². The highest BCUT2D eigenvalue weighted by molar-refractivity contribution is 6.36. The van der Waals surface area contributed by atoms with Crippen LogP contribution in [0.5, 0.6) is 5.75 Å². The summed E-state index contributed by atoms with van der Waals surface area (Å²) in [7, 11) is 0. The lowest BCUT2D eigenvalue weighted by Crippen LogP contribution is -2.21. The van der Waals surface area contributed by atoms with Crippen molar-refractivity contribution in [3.05, 3.63) is 92.3 Å². The Hall–Kier alpha value is -3.56. The molecular formula is C20H12ClN3O3. The van der Waals surface area contributed by atoms with E-state index in [1.54, 1.807) is 18.2 Å². The summed E-state index contributed by atoms with van der Waals surface area (Å²) in [5.74, 6) is -0.127. The van der Waals surface area contributed by atoms with Crippen molar-refractivity contribution in [1.82, 2.24) is 0 Å². The minimum absolute atomic E-state index is 0.0195. The first kappa shape index (κ1) is 16.9. The summed E-state index contributed by atoms with van der Waals surface area (Å²) in [6.45, 7) is 0. The average Bonchev–Trinajstić information content (AvgIpc) is 2.68. The molecule has 0 spiro atoms. The minimum Gasteiger partial charge on any atom is -0.440 e. The molecule has 0 saturated heterocycles. The lowest BCUT2D eigenvalue weighted by atomic mass is 9.82. The highest BCUT2D eigenvalue weighted by Crippen LogP contribution is 2.47. The summed E-state index contributed by atoms with van der Waals surface area (Å²) in [6.07, 6.45) is 0. The average molecular weight is 378 g/mol. The summed E-state index contributed by atoms with van der Waals surface area (Å²) < 4.78 is 5.78. The molecule has 0 radical (unpaired) electrons. The number of non-ortho nitro benzene ring substituents is 1. The fourth-order valence-corrected chi connectivity index (χ4v) is 3.68. The van der Waals surface area contributed by atoms with Crippen LogP contribution < -0.4 is 10.5 Å². The molecule has 4 rings (SSSR count). The molecule has 1 aliphatic heterocycles. The predicted molar refractivity (Wildman–Crippen MR) is 101 cm³/mol. The Balaban J connectivity index is 2.04. The largest absolute Gasteiger partial charge is 0.440 e. The van der Waals surface area contributed by atoms with E-state index in [1.165, 1.54) is 12.1 Å². The molecule has 1 atom stereocenters. The number of rotatable bonds is 2. The highest BCUT2D eigenvalue weighted by Gasteiger charge is 2.33. The van der Waals surface area contributed by atoms with Crippen LogP contribution >= 0.6 is 11.6 Å². The van der Waals surface area contributed by atoms with Crippen molar-refractivity contribution < 1.29 is 9.66 Å². The number of allylic oxidation sites excluding steroid dienone is 1. The molecule has 1 heterocycles. The van der Waals surface area contributed by atoms with E-state index in [9.17, 15) is 15.4 Å². The molecule has 3 aromatic carbocycles. The molecular weight excluding hydrogens is 366 g/mol. The first-order chi connectivity index (χ1) is 13.0. The van der Waals surface area contributed by atoms with Gasteiger partial charge in [0.25, 0.3) is 5.69 Å². The van der Waals surface area contributed by atoms with Crippen LogP contribution in [0.2, 0.25) is 5.02 Å². The van der Waals surface area contributed by atoms with E-state index >= 15 is 0 Å². The lowest BCUT2D eigenvalue weighted by molar-refractivity contribution is -0.384. The van der Waals surface area contributed by atoms with Crippen LogP contribution in [0.3, 0.4) is 0 Å². The summed E-state index contributed by atoms with van der Waals surface area (Å²) in [4.78, 5) is 10.7. The monoisotopic (exact) mass is 377 g/mol. The van der Waals surface area contributed by atoms with Crippen LogP contribution in [0, 0.1) is 21.4 Å². The van der Waals surface area contributed by atoms with E-state index in [2.05, 4.69) is 6.07 Å². The van der Waals surface area contributed by atoms with Crippen molar-refractivity contribution in [3.63, 3.8) is 0 Å². The van der Waals surface area contributed by atoms with Crippen LogP contribution in [0.1, 0.15) is 17.0 Å². The van der Waals surface area contributed by atoms with Gasteiger partial charge >= 0.3 is 0 Å². The van der Waals surface area contributed by atoms with Crippen molar-refractivity contribution in [3.8, 4) is 11.8 Å². The Morgan fingerprint density at radius 1 is 1.15 bits per heavy atom. The third-order valence-corrected chi connectivity index (χ3v) is 4.90. The second-order valence-corrected chi connectivity index (χ2v) is 6.51. The van der Waals surface area contributed by atoms with Gasteiger partial charge in [0.1, 0.15) is 17.4 Å². The Labute approximate surface area is 159 Å². The smallest absolute Gasteiger partial charge is 0.269 e. The first-order valence-corrected chi connectivity index (χ1v) is 8.42. The molecule has 0 fully saturated rings. The Kier molecular flexibility index (Phi) is 3.94. The maximum Gasteiger partial charge on any atom is 0.269 e. The molecule has 2 N–H and O–H groups in total. The third kappa shape index (κ3) is 2.65. The molecule has 1 unspecified atom stereocenters. The lowest BCUT2D eigenvalue weighted by Gasteiger charge is -2.27. The maximum absolute atomic E-state index is 11.2. The predicted octanol–water partition coefficient (Wildman–Crippen LogP) is 4.62. The fraction of sp³-hybridized carbons (Fsp3) is 0.0500. The van der Waals surface area contributed by atoms with Gasteiger partial charge in [-0.15, -0.1) is 0 Å². The van der Waals surface area contributed by atoms with Gasteiger partial charge in [-0.1, -0.05) is 48.0 Å². The van der Waals surface area contributed by atoms with E-state index in [0.29, 0.717) is 21.9 Å². The van der Waals surface area contributed by atoms with Gasteiger partial charge in [-0.3, -0.25) is 10.1 Å². The van der Waals surface area contributed by atoms with E-state index in [-0.39, 0.29) is 17.1 Å². The van der Waals surface area contributed by atoms with Crippen LogP contribution in [-0.2, 0) is 0 Å². The number of benzene rings is 3. The second kappa shape index (κ2) is 6.31. The minimum atomic E-state index is -0.610. The maximum atomic E-state index is 11.2. The number of nitro groups is 1. The van der Waals surface area contributed by atoms with Crippen molar-refractivity contribution in [2.75, 3.05) is 0 Å². The van der Waals surface area contributed by atoms with Crippen LogP contribution in [0.15, 0.2) is 66.1 Å². The number of nitrogens with zero attached hydrogens (tertiary/aromatic N) is 2. The van der Waals surface area contributed by atoms with Crippen molar-refractivity contribution in [2.45, 2.75) is 5.92 Å². The number of hydrogen-bond donors (Lipinski definition) is 1. The molecule has 6 nitrogen and oxygen atoms in total. The molecule has 0 saturated carbocycles. The summed E-state index contributed by atoms with van der Waals surface area (Å²) in [5, 5.41) is 22.9. The van der Waals surface area contributed by atoms with Gasteiger partial charge in [-0.2, -0.15) is 5.26 Å². The quantitative estimate of drug-likeness (QED) is 0.518. The van der Waals surface area contributed by atoms with Crippen molar-refractivity contribution in [1.29, 1.82) is 5.26 Å². The standard InChI is InChI=1S/C20H12ClN3O3/c21-17-9-15-18(11-4-3-5-12(8-11)24(25)26)16(10-22)20(23)27-19(15)14-7-2-1-6-13(14)17/h1-9,18H,23H2. The van der Waals surface area contributed by atoms with Gasteiger partial charge in [0.15, 0.2) is 0 Å². The zero-order valence-electron chi connectivity index (χ0n) is 13.8. The van der Waals surface area contributed by atoms with Crippen molar-refractivity contribution >= 4 is 28.1 Å². The zero-order valence-corrected chi connectivity index (χ0v) is 14.6. The third-order valence-electron chi connectivity index (χ3n) is 4.59. The fourth-order valence-electron chi connectivity index (χ4n) is 3.40. The molecule has 3 aromatic rings. The van der Waals surface area contributed by atoms with Gasteiger partial charge in [-0.05, 0) is 11.6 Å². The normalized spacial score (nSPS) is 15.8. The SMILES string of the molecule is N#CC1=C(N)Oc2c(cc(Cl)c3ccccc23)C1c1cccc([N+](=O)[O-])c1. The second-order valence-electron chi connectivity index (χ2n) is 6.10. The number of nitriles is 1. The molecule has 27 heavy (non-hydrogen) atoms. The summed E-state index contributed by atoms with van der Waals surface area (Å²) in [5.41, 5.74) is 7.36. The van der Waals surface area contributed by atoms with Gasteiger partial charge in [-0.25, -0.2) is 0 Å². The molecule has 0 bridgehead atoms. The van der Waals surface area contributed by atoms with E-state index < -0.39 is 10.8 Å². The van der Waals surface area contributed by atoms with E-state index in [4.69, 9.17) is 22.1 Å². The molecule has 1 aliphatic rings. The molecule has 0 aliphatic carbocycles. The first-order valence-electron chi connectivity index (χ1n) is 8.04. The van der Waals surface area contributed by atoms with Crippen LogP contribution in [0.25, 0.3) is 10.8 Å². The van der Waals surface area contributed by atoms with E-state index in [0.717, 1.165) is 10.8 Å². The molecule has 7 heteroatoms. The summed E-state index contributed by atoms with van der Waals surface area (Å²) >= 11 is 6.46. The zero-order chi connectivity index (χ0) is 19.1. The number of nitro benzene ring substituents is 1. The number of hydrogen-bond acceptors (Lipinski definition) is 5. The molecule has 0 amide bonds. The molecule has 132 valence electrons. The number of halogens is 1. The van der Waals surface area contributed by atoms with E-state index in [1.807, 2.05) is 24.3 Å². The van der Waals surface area contributed by atoms with Gasteiger partial charge in [0, 0.05) is 33.5 Å². The van der Waals surface area contributed by atoms with Gasteiger partial charge in [0.05, 0.1) is 10.8 Å². The number of ether oxygens (including phenoxy) is 1. The number of fused-ring (bicyclic) bond motifs is 3. The Bertz CT molecular complexity index is 1180. The topological polar surface area (TPSA) is 102 Å².